The largest absolute Gasteiger partial charge is 0.385 e. The van der Waals surface area contributed by atoms with E-state index in [1.807, 2.05) is 19.1 Å². The molecule has 1 aromatic rings. The van der Waals surface area contributed by atoms with Crippen molar-refractivity contribution < 1.29 is 14.3 Å². The first-order valence-electron chi connectivity index (χ1n) is 8.62. The number of aryl methyl sites for hydroxylation is 1. The Kier molecular flexibility index (Phi) is 6.37. The zero-order valence-electron chi connectivity index (χ0n) is 15.1. The third kappa shape index (κ3) is 4.15. The molecule has 0 aromatic heterocycles. The van der Waals surface area contributed by atoms with Crippen molar-refractivity contribution in [2.75, 3.05) is 31.7 Å². The van der Waals surface area contributed by atoms with E-state index in [9.17, 15) is 9.59 Å². The van der Waals surface area contributed by atoms with Gasteiger partial charge in [0.25, 0.3) is 0 Å². The molecule has 1 saturated heterocycles. The maximum atomic E-state index is 12.5. The summed E-state index contributed by atoms with van der Waals surface area (Å²) in [6.07, 6.45) is 1.06. The minimum atomic E-state index is -0.278. The zero-order chi connectivity index (χ0) is 17.7. The molecule has 24 heavy (non-hydrogen) atoms. The highest BCUT2D eigenvalue weighted by molar-refractivity contribution is 6.01. The molecule has 0 bridgehead atoms. The van der Waals surface area contributed by atoms with E-state index in [-0.39, 0.29) is 24.2 Å². The molecule has 1 fully saturated rings. The number of para-hydroxylation sites is 1. The van der Waals surface area contributed by atoms with Crippen molar-refractivity contribution in [1.82, 2.24) is 5.32 Å². The maximum Gasteiger partial charge on any atom is 0.227 e. The predicted molar refractivity (Wildman–Crippen MR) is 95.2 cm³/mol. The van der Waals surface area contributed by atoms with Crippen molar-refractivity contribution in [3.63, 3.8) is 0 Å². The van der Waals surface area contributed by atoms with Crippen LogP contribution in [0.25, 0.3) is 0 Å². The van der Waals surface area contributed by atoms with E-state index < -0.39 is 0 Å². The van der Waals surface area contributed by atoms with Crippen molar-refractivity contribution in [3.8, 4) is 0 Å². The van der Waals surface area contributed by atoms with E-state index in [2.05, 4.69) is 25.2 Å². The molecule has 1 aliphatic heterocycles. The first-order chi connectivity index (χ1) is 11.5. The number of carbonyl (C=O) groups is 2. The van der Waals surface area contributed by atoms with E-state index in [1.165, 1.54) is 0 Å². The smallest absolute Gasteiger partial charge is 0.227 e. The van der Waals surface area contributed by atoms with Crippen LogP contribution in [0.15, 0.2) is 18.2 Å². The summed E-state index contributed by atoms with van der Waals surface area (Å²) < 4.78 is 4.98. The monoisotopic (exact) mass is 332 g/mol. The molecular weight excluding hydrogens is 304 g/mol. The molecule has 1 aliphatic rings. The molecule has 5 nitrogen and oxygen atoms in total. The van der Waals surface area contributed by atoms with Gasteiger partial charge in [-0.05, 0) is 30.4 Å². The number of methoxy groups -OCH3 is 1. The third-order valence-corrected chi connectivity index (χ3v) is 4.48. The number of anilines is 1. The van der Waals surface area contributed by atoms with E-state index in [1.54, 1.807) is 12.0 Å². The number of carbonyl (C=O) groups excluding carboxylic acids is 2. The Labute approximate surface area is 144 Å². The molecule has 0 saturated carbocycles. The van der Waals surface area contributed by atoms with Crippen LogP contribution < -0.4 is 10.2 Å². The molecule has 0 spiro atoms. The van der Waals surface area contributed by atoms with Crippen LogP contribution in [0.1, 0.15) is 43.7 Å². The van der Waals surface area contributed by atoms with E-state index >= 15 is 0 Å². The maximum absolute atomic E-state index is 12.5. The Morgan fingerprint density at radius 2 is 2.17 bits per heavy atom. The Balaban J connectivity index is 2.09. The molecule has 0 radical (unpaired) electrons. The fraction of sp³-hybridized carbons (Fsp3) is 0.579. The summed E-state index contributed by atoms with van der Waals surface area (Å²) in [5.41, 5.74) is 3.22. The summed E-state index contributed by atoms with van der Waals surface area (Å²) in [6, 6.07) is 6.11. The molecule has 2 rings (SSSR count). The minimum Gasteiger partial charge on any atom is -0.385 e. The van der Waals surface area contributed by atoms with Crippen LogP contribution in [0.2, 0.25) is 0 Å². The average Bonchev–Trinajstić information content (AvgIpc) is 2.92. The van der Waals surface area contributed by atoms with Crippen LogP contribution in [-0.2, 0) is 14.3 Å². The third-order valence-electron chi connectivity index (χ3n) is 4.48. The predicted octanol–water partition coefficient (Wildman–Crippen LogP) is 2.62. The van der Waals surface area contributed by atoms with E-state index in [0.717, 1.165) is 23.2 Å². The van der Waals surface area contributed by atoms with Crippen LogP contribution in [-0.4, -0.2) is 38.6 Å². The van der Waals surface area contributed by atoms with Gasteiger partial charge in [0.1, 0.15) is 0 Å². The average molecular weight is 332 g/mol. The molecule has 1 unspecified atom stereocenters. The zero-order valence-corrected chi connectivity index (χ0v) is 15.1. The fourth-order valence-corrected chi connectivity index (χ4v) is 3.19. The lowest BCUT2D eigenvalue weighted by Crippen LogP contribution is -2.34. The van der Waals surface area contributed by atoms with Gasteiger partial charge in [-0.1, -0.05) is 32.0 Å². The highest BCUT2D eigenvalue weighted by Crippen LogP contribution is 2.34. The Bertz CT molecular complexity index is 598. The van der Waals surface area contributed by atoms with Crippen molar-refractivity contribution in [2.45, 2.75) is 39.5 Å². The van der Waals surface area contributed by atoms with Crippen molar-refractivity contribution in [2.24, 2.45) is 5.92 Å². The summed E-state index contributed by atoms with van der Waals surface area (Å²) in [4.78, 5) is 26.6. The van der Waals surface area contributed by atoms with Crippen molar-refractivity contribution in [3.05, 3.63) is 29.3 Å². The summed E-state index contributed by atoms with van der Waals surface area (Å²) >= 11 is 0. The highest BCUT2D eigenvalue weighted by atomic mass is 16.5. The fourth-order valence-electron chi connectivity index (χ4n) is 3.19. The molecule has 1 N–H and O–H groups in total. The second-order valence-corrected chi connectivity index (χ2v) is 6.71. The van der Waals surface area contributed by atoms with Crippen LogP contribution in [0, 0.1) is 12.8 Å². The number of nitrogens with zero attached hydrogens (tertiary/aromatic N) is 1. The minimum absolute atomic E-state index is 0.0308. The topological polar surface area (TPSA) is 58.6 Å². The van der Waals surface area contributed by atoms with Gasteiger partial charge in [-0.2, -0.15) is 0 Å². The number of amides is 2. The number of ether oxygens (including phenoxy) is 1. The highest BCUT2D eigenvalue weighted by Gasteiger charge is 2.36. The molecule has 1 aromatic carbocycles. The Morgan fingerprint density at radius 1 is 1.42 bits per heavy atom. The molecule has 2 amide bonds. The molecule has 1 heterocycles. The van der Waals surface area contributed by atoms with Gasteiger partial charge >= 0.3 is 0 Å². The van der Waals surface area contributed by atoms with Crippen LogP contribution in [0.3, 0.4) is 0 Å². The van der Waals surface area contributed by atoms with Gasteiger partial charge in [0.2, 0.25) is 11.8 Å². The standard InChI is InChI=1S/C19H28N2O3/c1-13(2)16-8-5-7-14(3)18(16)21-12-15(11-17(21)22)19(23)20-9-6-10-24-4/h5,7-8,13,15H,6,9-12H2,1-4H3,(H,20,23). The van der Waals surface area contributed by atoms with Crippen LogP contribution in [0.5, 0.6) is 0 Å². The molecule has 1 atom stereocenters. The Morgan fingerprint density at radius 3 is 2.83 bits per heavy atom. The van der Waals surface area contributed by atoms with Gasteiger partial charge in [0, 0.05) is 38.9 Å². The van der Waals surface area contributed by atoms with Crippen molar-refractivity contribution >= 4 is 17.5 Å². The lowest BCUT2D eigenvalue weighted by Gasteiger charge is -2.24. The van der Waals surface area contributed by atoms with Crippen LogP contribution in [0.4, 0.5) is 5.69 Å². The summed E-state index contributed by atoms with van der Waals surface area (Å²) in [6.45, 7) is 7.93. The number of hydrogen-bond donors (Lipinski definition) is 1. The molecular formula is C19H28N2O3. The summed E-state index contributed by atoms with van der Waals surface area (Å²) in [5, 5.41) is 2.91. The second-order valence-electron chi connectivity index (χ2n) is 6.71. The summed E-state index contributed by atoms with van der Waals surface area (Å²) in [5.74, 6) is 0.0409. The van der Waals surface area contributed by atoms with Crippen LogP contribution >= 0.6 is 0 Å². The number of benzene rings is 1. The first kappa shape index (κ1) is 18.5. The SMILES string of the molecule is COCCCNC(=O)C1CC(=O)N(c2c(C)cccc2C(C)C)C1. The second kappa shape index (κ2) is 8.29. The quantitative estimate of drug-likeness (QED) is 0.781. The van der Waals surface area contributed by atoms with Gasteiger partial charge in [0.15, 0.2) is 0 Å². The lowest BCUT2D eigenvalue weighted by molar-refractivity contribution is -0.126. The van der Waals surface area contributed by atoms with Gasteiger partial charge in [-0.3, -0.25) is 9.59 Å². The summed E-state index contributed by atoms with van der Waals surface area (Å²) in [7, 11) is 1.64. The van der Waals surface area contributed by atoms with Gasteiger partial charge in [0.05, 0.1) is 5.92 Å². The number of hydrogen-bond acceptors (Lipinski definition) is 3. The van der Waals surface area contributed by atoms with Gasteiger partial charge in [-0.25, -0.2) is 0 Å². The number of nitrogens with one attached hydrogen (secondary N) is 1. The Hall–Kier alpha value is -1.88. The normalized spacial score (nSPS) is 17.6. The van der Waals surface area contributed by atoms with Crippen molar-refractivity contribution in [1.29, 1.82) is 0 Å². The molecule has 0 aliphatic carbocycles. The molecule has 5 heteroatoms. The van der Waals surface area contributed by atoms with Gasteiger partial charge < -0.3 is 15.0 Å². The van der Waals surface area contributed by atoms with E-state index in [0.29, 0.717) is 25.6 Å². The molecule has 132 valence electrons. The van der Waals surface area contributed by atoms with E-state index in [4.69, 9.17) is 4.74 Å². The lowest BCUT2D eigenvalue weighted by atomic mass is 9.97. The number of rotatable bonds is 7. The first-order valence-corrected chi connectivity index (χ1v) is 8.62. The van der Waals surface area contributed by atoms with Gasteiger partial charge in [-0.15, -0.1) is 0 Å².